The fraction of sp³-hybridized carbons (Fsp3) is 0.312. The lowest BCUT2D eigenvalue weighted by Crippen LogP contribution is -2.15. The zero-order valence-electron chi connectivity index (χ0n) is 12.9. The van der Waals surface area contributed by atoms with Gasteiger partial charge < -0.3 is 15.7 Å². The van der Waals surface area contributed by atoms with Crippen LogP contribution in [0.5, 0.6) is 0 Å². The van der Waals surface area contributed by atoms with E-state index in [1.807, 2.05) is 13.0 Å². The van der Waals surface area contributed by atoms with E-state index in [9.17, 15) is 4.79 Å². The van der Waals surface area contributed by atoms with Gasteiger partial charge in [-0.15, -0.1) is 0 Å². The highest BCUT2D eigenvalue weighted by Gasteiger charge is 2.07. The van der Waals surface area contributed by atoms with E-state index in [-0.39, 0.29) is 5.56 Å². The first-order valence-electron chi connectivity index (χ1n) is 7.20. The van der Waals surface area contributed by atoms with Crippen LogP contribution in [0.15, 0.2) is 30.3 Å². The molecule has 1 unspecified atom stereocenters. The van der Waals surface area contributed by atoms with Gasteiger partial charge in [0, 0.05) is 17.8 Å². The summed E-state index contributed by atoms with van der Waals surface area (Å²) in [6.45, 7) is 6.00. The van der Waals surface area contributed by atoms with Crippen LogP contribution in [0.25, 0.3) is 0 Å². The molecule has 6 heteroatoms. The molecule has 0 aliphatic rings. The van der Waals surface area contributed by atoms with E-state index in [1.165, 1.54) is 0 Å². The number of carbonyl (C=O) groups is 1. The molecule has 0 amide bonds. The van der Waals surface area contributed by atoms with Crippen molar-refractivity contribution in [2.45, 2.75) is 33.2 Å². The van der Waals surface area contributed by atoms with Crippen LogP contribution in [0.3, 0.4) is 0 Å². The third kappa shape index (κ3) is 4.18. The Bertz CT molecular complexity index is 673. The Hall–Kier alpha value is -2.63. The lowest BCUT2D eigenvalue weighted by atomic mass is 10.2. The fourth-order valence-electron chi connectivity index (χ4n) is 1.94. The summed E-state index contributed by atoms with van der Waals surface area (Å²) in [5.74, 6) is 1.06. The summed E-state index contributed by atoms with van der Waals surface area (Å²) in [5.41, 5.74) is 0.904. The molecule has 1 atom stereocenters. The van der Waals surface area contributed by atoms with Gasteiger partial charge in [-0.25, -0.2) is 14.8 Å². The van der Waals surface area contributed by atoms with Gasteiger partial charge in [-0.05, 0) is 38.5 Å². The van der Waals surface area contributed by atoms with Gasteiger partial charge in [0.2, 0.25) is 0 Å². The number of aromatic nitrogens is 2. The maximum Gasteiger partial charge on any atom is 0.335 e. The van der Waals surface area contributed by atoms with Crippen molar-refractivity contribution in [3.8, 4) is 0 Å². The third-order valence-electron chi connectivity index (χ3n) is 3.23. The standard InChI is InChI=1S/C16H20N4O2/c1-4-10(2)17-14-9-15(19-11(3)18-14)20-13-7-5-6-12(8-13)16(21)22/h5-10H,4H2,1-3H3,(H,21,22)(H2,17,18,19,20). The normalized spacial score (nSPS) is 11.8. The Balaban J connectivity index is 2.22. The van der Waals surface area contributed by atoms with Crippen molar-refractivity contribution in [1.29, 1.82) is 0 Å². The molecule has 6 nitrogen and oxygen atoms in total. The number of benzene rings is 1. The molecular formula is C16H20N4O2. The van der Waals surface area contributed by atoms with Crippen LogP contribution in [-0.4, -0.2) is 27.1 Å². The van der Waals surface area contributed by atoms with E-state index >= 15 is 0 Å². The number of carboxylic acids is 1. The average molecular weight is 300 g/mol. The molecule has 0 saturated heterocycles. The predicted octanol–water partition coefficient (Wildman–Crippen LogP) is 3.44. The molecule has 1 aromatic heterocycles. The highest BCUT2D eigenvalue weighted by molar-refractivity contribution is 5.89. The highest BCUT2D eigenvalue weighted by atomic mass is 16.4. The van der Waals surface area contributed by atoms with Crippen LogP contribution in [-0.2, 0) is 0 Å². The summed E-state index contributed by atoms with van der Waals surface area (Å²) in [4.78, 5) is 19.7. The minimum absolute atomic E-state index is 0.230. The monoisotopic (exact) mass is 300 g/mol. The van der Waals surface area contributed by atoms with Crippen LogP contribution in [0.2, 0.25) is 0 Å². The van der Waals surface area contributed by atoms with Crippen LogP contribution < -0.4 is 10.6 Å². The van der Waals surface area contributed by atoms with Gasteiger partial charge in [0.25, 0.3) is 0 Å². The Morgan fingerprint density at radius 1 is 1.27 bits per heavy atom. The van der Waals surface area contributed by atoms with Gasteiger partial charge in [-0.1, -0.05) is 13.0 Å². The molecule has 0 spiro atoms. The minimum Gasteiger partial charge on any atom is -0.478 e. The summed E-state index contributed by atoms with van der Waals surface area (Å²) in [6.07, 6.45) is 0.993. The SMILES string of the molecule is CCC(C)Nc1cc(Nc2cccc(C(=O)O)c2)nc(C)n1. The topological polar surface area (TPSA) is 87.1 Å². The maximum atomic E-state index is 11.0. The largest absolute Gasteiger partial charge is 0.478 e. The van der Waals surface area contributed by atoms with Crippen molar-refractivity contribution in [1.82, 2.24) is 9.97 Å². The van der Waals surface area contributed by atoms with Crippen molar-refractivity contribution >= 4 is 23.3 Å². The van der Waals surface area contributed by atoms with Crippen molar-refractivity contribution in [2.24, 2.45) is 0 Å². The molecule has 0 fully saturated rings. The molecule has 0 saturated carbocycles. The van der Waals surface area contributed by atoms with Gasteiger partial charge in [0.1, 0.15) is 17.5 Å². The predicted molar refractivity (Wildman–Crippen MR) is 86.8 cm³/mol. The second-order valence-corrected chi connectivity index (χ2v) is 5.15. The second kappa shape index (κ2) is 6.89. The van der Waals surface area contributed by atoms with Gasteiger partial charge >= 0.3 is 5.97 Å². The summed E-state index contributed by atoms with van der Waals surface area (Å²) in [7, 11) is 0. The van der Waals surface area contributed by atoms with E-state index in [2.05, 4.69) is 34.4 Å². The minimum atomic E-state index is -0.957. The smallest absolute Gasteiger partial charge is 0.335 e. The molecule has 0 aliphatic carbocycles. The number of anilines is 3. The van der Waals surface area contributed by atoms with Crippen molar-refractivity contribution in [2.75, 3.05) is 10.6 Å². The first-order chi connectivity index (χ1) is 10.5. The zero-order chi connectivity index (χ0) is 16.1. The zero-order valence-corrected chi connectivity index (χ0v) is 12.9. The summed E-state index contributed by atoms with van der Waals surface area (Å²) >= 11 is 0. The third-order valence-corrected chi connectivity index (χ3v) is 3.23. The number of aromatic carboxylic acids is 1. The van der Waals surface area contributed by atoms with E-state index in [4.69, 9.17) is 5.11 Å². The average Bonchev–Trinajstić information content (AvgIpc) is 2.46. The molecule has 0 aliphatic heterocycles. The number of nitrogens with zero attached hydrogens (tertiary/aromatic N) is 2. The summed E-state index contributed by atoms with van der Waals surface area (Å²) < 4.78 is 0. The Labute approximate surface area is 129 Å². The number of hydrogen-bond donors (Lipinski definition) is 3. The Morgan fingerprint density at radius 2 is 2.00 bits per heavy atom. The molecule has 3 N–H and O–H groups in total. The van der Waals surface area contributed by atoms with Crippen molar-refractivity contribution < 1.29 is 9.90 Å². The molecule has 0 radical (unpaired) electrons. The number of aryl methyl sites for hydroxylation is 1. The van der Waals surface area contributed by atoms with E-state index in [1.54, 1.807) is 24.3 Å². The van der Waals surface area contributed by atoms with Gasteiger partial charge in [-0.3, -0.25) is 0 Å². The van der Waals surface area contributed by atoms with Crippen molar-refractivity contribution in [3.05, 3.63) is 41.7 Å². The van der Waals surface area contributed by atoms with Gasteiger partial charge in [0.05, 0.1) is 5.56 Å². The van der Waals surface area contributed by atoms with Gasteiger partial charge in [0.15, 0.2) is 0 Å². The van der Waals surface area contributed by atoms with Crippen molar-refractivity contribution in [3.63, 3.8) is 0 Å². The highest BCUT2D eigenvalue weighted by Crippen LogP contribution is 2.19. The Kier molecular flexibility index (Phi) is 4.93. The molecule has 22 heavy (non-hydrogen) atoms. The summed E-state index contributed by atoms with van der Waals surface area (Å²) in [5, 5.41) is 15.4. The maximum absolute atomic E-state index is 11.0. The molecule has 1 aromatic carbocycles. The van der Waals surface area contributed by atoms with Crippen LogP contribution in [0, 0.1) is 6.92 Å². The van der Waals surface area contributed by atoms with Crippen LogP contribution >= 0.6 is 0 Å². The molecule has 116 valence electrons. The summed E-state index contributed by atoms with van der Waals surface area (Å²) in [6, 6.07) is 8.74. The fourth-order valence-corrected chi connectivity index (χ4v) is 1.94. The number of rotatable bonds is 6. The first-order valence-corrected chi connectivity index (χ1v) is 7.20. The van der Waals surface area contributed by atoms with E-state index < -0.39 is 5.97 Å². The van der Waals surface area contributed by atoms with Crippen LogP contribution in [0.4, 0.5) is 17.3 Å². The van der Waals surface area contributed by atoms with E-state index in [0.29, 0.717) is 23.4 Å². The van der Waals surface area contributed by atoms with Crippen LogP contribution in [0.1, 0.15) is 36.5 Å². The lowest BCUT2D eigenvalue weighted by molar-refractivity contribution is 0.0697. The second-order valence-electron chi connectivity index (χ2n) is 5.15. The number of hydrogen-bond acceptors (Lipinski definition) is 5. The molecule has 1 heterocycles. The molecule has 2 aromatic rings. The molecule has 0 bridgehead atoms. The first kappa shape index (κ1) is 15.8. The molecular weight excluding hydrogens is 280 g/mol. The lowest BCUT2D eigenvalue weighted by Gasteiger charge is -2.14. The van der Waals surface area contributed by atoms with E-state index in [0.717, 1.165) is 12.2 Å². The van der Waals surface area contributed by atoms with Gasteiger partial charge in [-0.2, -0.15) is 0 Å². The number of carboxylic acid groups (broad SMARTS) is 1. The molecule has 2 rings (SSSR count). The Morgan fingerprint density at radius 3 is 2.68 bits per heavy atom. The quantitative estimate of drug-likeness (QED) is 0.757. The number of nitrogens with one attached hydrogen (secondary N) is 2.